The molecule has 2 N–H and O–H groups in total. The number of rotatable bonds is 5. The van der Waals surface area contributed by atoms with Gasteiger partial charge in [0.1, 0.15) is 12.0 Å². The van der Waals surface area contributed by atoms with E-state index in [0.29, 0.717) is 21.9 Å². The Kier molecular flexibility index (Phi) is 6.33. The molecule has 0 spiro atoms. The molecule has 2 aromatic heterocycles. The van der Waals surface area contributed by atoms with E-state index < -0.39 is 6.23 Å². The Morgan fingerprint density at radius 1 is 1.21 bits per heavy atom. The van der Waals surface area contributed by atoms with Gasteiger partial charge in [-0.1, -0.05) is 17.4 Å². The molecular formula is C26H29FN4O2S. The molecule has 2 heterocycles. The number of carbonyl (C=O) groups is 1. The molecule has 4 aromatic rings. The van der Waals surface area contributed by atoms with Crippen molar-refractivity contribution in [3.8, 4) is 21.7 Å². The van der Waals surface area contributed by atoms with Crippen LogP contribution in [-0.4, -0.2) is 44.9 Å². The maximum absolute atomic E-state index is 13.4. The van der Waals surface area contributed by atoms with Crippen molar-refractivity contribution in [2.45, 2.75) is 39.5 Å². The number of aromatic nitrogens is 2. The molecule has 0 saturated heterocycles. The zero-order valence-corrected chi connectivity index (χ0v) is 21.0. The molecule has 1 amide bonds. The maximum atomic E-state index is 13.4. The molecular weight excluding hydrogens is 451 g/mol. The minimum Gasteiger partial charge on any atom is -0.373 e. The van der Waals surface area contributed by atoms with E-state index in [1.54, 1.807) is 24.1 Å². The lowest BCUT2D eigenvalue weighted by atomic mass is 10.0. The second-order valence-corrected chi connectivity index (χ2v) is 10.4. The number of benzene rings is 2. The van der Waals surface area contributed by atoms with Crippen LogP contribution in [0.1, 0.15) is 48.6 Å². The maximum Gasteiger partial charge on any atom is 0.254 e. The molecule has 0 fully saturated rings. The number of halogens is 1. The number of thiazole rings is 1. The summed E-state index contributed by atoms with van der Waals surface area (Å²) in [6, 6.07) is 11.8. The summed E-state index contributed by atoms with van der Waals surface area (Å²) >= 11 is 1.47. The standard InChI is InChI=1S/C26H29FN4O2S/c1-15-7-8-17(24(33)30(6)26(2,3)4)13-19(15)20-14-31-22(23(32)28-5)21(29-25(31)34-20)16-9-11-18(27)12-10-16/h7-14,23,28,32H,1-6H3. The SMILES string of the molecule is CNC(O)c1c(-c2ccc(F)cc2)nc2sc(-c3cc(C(=O)N(C)C(C)(C)C)ccc3C)cn12. The van der Waals surface area contributed by atoms with Crippen LogP contribution in [0.4, 0.5) is 4.39 Å². The second-order valence-electron chi connectivity index (χ2n) is 9.36. The van der Waals surface area contributed by atoms with Gasteiger partial charge in [-0.2, -0.15) is 0 Å². The highest BCUT2D eigenvalue weighted by molar-refractivity contribution is 7.20. The van der Waals surface area contributed by atoms with E-state index in [9.17, 15) is 14.3 Å². The van der Waals surface area contributed by atoms with Gasteiger partial charge >= 0.3 is 0 Å². The van der Waals surface area contributed by atoms with Gasteiger partial charge in [-0.3, -0.25) is 14.5 Å². The molecule has 0 aliphatic heterocycles. The van der Waals surface area contributed by atoms with E-state index >= 15 is 0 Å². The van der Waals surface area contributed by atoms with Gasteiger partial charge in [0.2, 0.25) is 0 Å². The smallest absolute Gasteiger partial charge is 0.254 e. The van der Waals surface area contributed by atoms with Crippen molar-refractivity contribution in [2.24, 2.45) is 0 Å². The summed E-state index contributed by atoms with van der Waals surface area (Å²) in [5.74, 6) is -0.371. The van der Waals surface area contributed by atoms with Crippen molar-refractivity contribution in [3.05, 3.63) is 71.3 Å². The molecule has 0 aliphatic carbocycles. The van der Waals surface area contributed by atoms with Crippen molar-refractivity contribution < 1.29 is 14.3 Å². The van der Waals surface area contributed by atoms with E-state index in [-0.39, 0.29) is 17.3 Å². The van der Waals surface area contributed by atoms with E-state index in [1.807, 2.05) is 63.5 Å². The summed E-state index contributed by atoms with van der Waals surface area (Å²) in [5.41, 5.74) is 4.19. The first kappa shape index (κ1) is 24.1. The third kappa shape index (κ3) is 4.36. The zero-order valence-electron chi connectivity index (χ0n) is 20.2. The summed E-state index contributed by atoms with van der Waals surface area (Å²) in [6.45, 7) is 8.01. The highest BCUT2D eigenvalue weighted by Crippen LogP contribution is 2.37. The molecule has 34 heavy (non-hydrogen) atoms. The summed E-state index contributed by atoms with van der Waals surface area (Å²) < 4.78 is 15.3. The Morgan fingerprint density at radius 2 is 1.88 bits per heavy atom. The first-order chi connectivity index (χ1) is 16.0. The largest absolute Gasteiger partial charge is 0.373 e. The van der Waals surface area contributed by atoms with E-state index in [1.165, 1.54) is 23.5 Å². The van der Waals surface area contributed by atoms with Crippen molar-refractivity contribution >= 4 is 22.2 Å². The van der Waals surface area contributed by atoms with Crippen LogP contribution in [0.15, 0.2) is 48.7 Å². The number of hydrogen-bond acceptors (Lipinski definition) is 5. The summed E-state index contributed by atoms with van der Waals surface area (Å²) in [4.78, 5) is 21.2. The van der Waals surface area contributed by atoms with E-state index in [4.69, 9.17) is 4.98 Å². The summed E-state index contributed by atoms with van der Waals surface area (Å²) in [7, 11) is 3.47. The number of fused-ring (bicyclic) bond motifs is 1. The summed E-state index contributed by atoms with van der Waals surface area (Å²) in [6.07, 6.45) is 0.965. The topological polar surface area (TPSA) is 69.9 Å². The highest BCUT2D eigenvalue weighted by Gasteiger charge is 2.25. The van der Waals surface area contributed by atoms with Gasteiger partial charge in [-0.15, -0.1) is 0 Å². The second kappa shape index (κ2) is 8.94. The van der Waals surface area contributed by atoms with Crippen molar-refractivity contribution in [3.63, 3.8) is 0 Å². The van der Waals surface area contributed by atoms with Gasteiger partial charge in [-0.05, 0) is 82.3 Å². The number of imidazole rings is 1. The molecule has 0 aliphatic rings. The monoisotopic (exact) mass is 480 g/mol. The fourth-order valence-corrected chi connectivity index (χ4v) is 4.80. The number of nitrogens with zero attached hydrogens (tertiary/aromatic N) is 3. The van der Waals surface area contributed by atoms with Crippen LogP contribution in [0.25, 0.3) is 26.7 Å². The Balaban J connectivity index is 1.81. The van der Waals surface area contributed by atoms with Crippen LogP contribution < -0.4 is 5.32 Å². The van der Waals surface area contributed by atoms with Gasteiger partial charge in [0.05, 0.1) is 16.3 Å². The third-order valence-corrected chi connectivity index (χ3v) is 7.09. The fourth-order valence-electron chi connectivity index (χ4n) is 3.72. The zero-order chi connectivity index (χ0) is 24.8. The minimum atomic E-state index is -0.966. The van der Waals surface area contributed by atoms with Crippen LogP contribution in [0, 0.1) is 12.7 Å². The van der Waals surface area contributed by atoms with Crippen LogP contribution in [0.5, 0.6) is 0 Å². The first-order valence-corrected chi connectivity index (χ1v) is 11.8. The average Bonchev–Trinajstić information content (AvgIpc) is 3.36. The van der Waals surface area contributed by atoms with Crippen LogP contribution in [0.2, 0.25) is 0 Å². The Morgan fingerprint density at radius 3 is 2.50 bits per heavy atom. The number of aliphatic hydroxyl groups excluding tert-OH is 1. The van der Waals surface area contributed by atoms with Gasteiger partial charge < -0.3 is 10.0 Å². The lowest BCUT2D eigenvalue weighted by Gasteiger charge is -2.32. The van der Waals surface area contributed by atoms with Crippen LogP contribution in [-0.2, 0) is 0 Å². The predicted molar refractivity (Wildman–Crippen MR) is 135 cm³/mol. The molecule has 0 bridgehead atoms. The van der Waals surface area contributed by atoms with Crippen molar-refractivity contribution in [1.29, 1.82) is 0 Å². The quantitative estimate of drug-likeness (QED) is 0.383. The number of hydrogen-bond donors (Lipinski definition) is 2. The molecule has 6 nitrogen and oxygen atoms in total. The van der Waals surface area contributed by atoms with Gasteiger partial charge in [0, 0.05) is 29.9 Å². The third-order valence-electron chi connectivity index (χ3n) is 6.07. The van der Waals surface area contributed by atoms with Crippen molar-refractivity contribution in [2.75, 3.05) is 14.1 Å². The Hall–Kier alpha value is -3.07. The number of carbonyl (C=O) groups excluding carboxylic acids is 1. The Labute approximate surface area is 202 Å². The average molecular weight is 481 g/mol. The number of aliphatic hydroxyl groups is 1. The molecule has 0 saturated carbocycles. The minimum absolute atomic E-state index is 0.0417. The molecule has 2 aromatic carbocycles. The van der Waals surface area contributed by atoms with E-state index in [2.05, 4.69) is 5.32 Å². The molecule has 1 unspecified atom stereocenters. The Bertz CT molecular complexity index is 1350. The van der Waals surface area contributed by atoms with Crippen molar-refractivity contribution in [1.82, 2.24) is 19.6 Å². The molecule has 8 heteroatoms. The van der Waals surface area contributed by atoms with Gasteiger partial charge in [-0.25, -0.2) is 9.37 Å². The number of nitrogens with one attached hydrogen (secondary N) is 1. The van der Waals surface area contributed by atoms with Gasteiger partial charge in [0.25, 0.3) is 5.91 Å². The van der Waals surface area contributed by atoms with Crippen LogP contribution in [0.3, 0.4) is 0 Å². The lowest BCUT2D eigenvalue weighted by molar-refractivity contribution is 0.0656. The van der Waals surface area contributed by atoms with Crippen LogP contribution >= 0.6 is 11.3 Å². The molecule has 1 atom stereocenters. The first-order valence-electron chi connectivity index (χ1n) is 11.0. The summed E-state index contributed by atoms with van der Waals surface area (Å²) in [5, 5.41) is 13.6. The molecule has 0 radical (unpaired) electrons. The van der Waals surface area contributed by atoms with E-state index in [0.717, 1.165) is 21.6 Å². The number of aryl methyl sites for hydroxylation is 1. The molecule has 178 valence electrons. The van der Waals surface area contributed by atoms with Gasteiger partial charge in [0.15, 0.2) is 4.96 Å². The predicted octanol–water partition coefficient (Wildman–Crippen LogP) is 5.26. The fraction of sp³-hybridized carbons (Fsp3) is 0.308. The number of amides is 1. The molecule has 4 rings (SSSR count). The lowest BCUT2D eigenvalue weighted by Crippen LogP contribution is -2.42. The normalized spacial score (nSPS) is 12.8. The highest BCUT2D eigenvalue weighted by atomic mass is 32.1.